The van der Waals surface area contributed by atoms with E-state index < -0.39 is 0 Å². The number of aliphatic imine (C=N–C) groups is 1. The van der Waals surface area contributed by atoms with Gasteiger partial charge in [-0.1, -0.05) is 6.07 Å². The second-order valence-electron chi connectivity index (χ2n) is 7.88. The van der Waals surface area contributed by atoms with Crippen molar-refractivity contribution in [1.29, 1.82) is 0 Å². The van der Waals surface area contributed by atoms with Crippen molar-refractivity contribution in [2.24, 2.45) is 4.99 Å². The van der Waals surface area contributed by atoms with Crippen LogP contribution in [0.2, 0.25) is 0 Å². The Bertz CT molecular complexity index is 621. The lowest BCUT2D eigenvalue weighted by atomic mass is 10.1. The highest BCUT2D eigenvalue weighted by atomic mass is 19.1. The van der Waals surface area contributed by atoms with Gasteiger partial charge in [-0.15, -0.1) is 0 Å². The number of halogens is 1. The van der Waals surface area contributed by atoms with E-state index in [4.69, 9.17) is 4.74 Å². The third-order valence-corrected chi connectivity index (χ3v) is 4.57. The van der Waals surface area contributed by atoms with Crippen molar-refractivity contribution < 1.29 is 9.13 Å². The number of hydrogen-bond acceptors (Lipinski definition) is 4. The van der Waals surface area contributed by atoms with Gasteiger partial charge in [0.15, 0.2) is 17.5 Å². The van der Waals surface area contributed by atoms with Crippen molar-refractivity contribution in [3.8, 4) is 5.75 Å². The van der Waals surface area contributed by atoms with Gasteiger partial charge in [0, 0.05) is 58.4 Å². The minimum absolute atomic E-state index is 0.123. The fourth-order valence-corrected chi connectivity index (χ4v) is 3.13. The molecule has 1 heterocycles. The first-order valence-corrected chi connectivity index (χ1v) is 9.58. The molecule has 0 atom stereocenters. The number of benzene rings is 1. The van der Waals surface area contributed by atoms with E-state index in [0.717, 1.165) is 57.3 Å². The largest absolute Gasteiger partial charge is 0.494 e. The molecule has 0 spiro atoms. The molecule has 0 bridgehead atoms. The number of methoxy groups -OCH3 is 1. The van der Waals surface area contributed by atoms with Crippen LogP contribution in [0.4, 0.5) is 4.39 Å². The van der Waals surface area contributed by atoms with Crippen molar-refractivity contribution in [1.82, 2.24) is 20.4 Å². The summed E-state index contributed by atoms with van der Waals surface area (Å²) in [4.78, 5) is 9.03. The highest BCUT2D eigenvalue weighted by Crippen LogP contribution is 2.19. The fourth-order valence-electron chi connectivity index (χ4n) is 3.13. The number of guanidine groups is 1. The Morgan fingerprint density at radius 3 is 2.44 bits per heavy atom. The maximum atomic E-state index is 13.9. The van der Waals surface area contributed by atoms with E-state index in [1.54, 1.807) is 12.1 Å². The van der Waals surface area contributed by atoms with Crippen LogP contribution in [0.5, 0.6) is 5.75 Å². The van der Waals surface area contributed by atoms with Crippen LogP contribution in [0.1, 0.15) is 26.3 Å². The molecule has 1 aliphatic heterocycles. The van der Waals surface area contributed by atoms with Crippen LogP contribution in [0.3, 0.4) is 0 Å². The molecule has 27 heavy (non-hydrogen) atoms. The van der Waals surface area contributed by atoms with E-state index in [-0.39, 0.29) is 11.4 Å². The first kappa shape index (κ1) is 21.4. The molecule has 1 aromatic rings. The molecule has 1 aromatic carbocycles. The lowest BCUT2D eigenvalue weighted by molar-refractivity contribution is 0.172. The number of nitrogens with zero attached hydrogens (tertiary/aromatic N) is 3. The third-order valence-electron chi connectivity index (χ3n) is 4.57. The average Bonchev–Trinajstić information content (AvgIpc) is 2.62. The molecular formula is C20H34FN5O. The van der Waals surface area contributed by atoms with Gasteiger partial charge in [-0.05, 0) is 38.5 Å². The molecule has 2 rings (SSSR count). The van der Waals surface area contributed by atoms with Crippen molar-refractivity contribution in [2.75, 3.05) is 53.4 Å². The lowest BCUT2D eigenvalue weighted by Crippen LogP contribution is -2.53. The van der Waals surface area contributed by atoms with Crippen LogP contribution >= 0.6 is 0 Å². The van der Waals surface area contributed by atoms with Gasteiger partial charge in [-0.25, -0.2) is 4.39 Å². The van der Waals surface area contributed by atoms with Crippen molar-refractivity contribution >= 4 is 5.96 Å². The Morgan fingerprint density at radius 2 is 1.89 bits per heavy atom. The molecule has 1 fully saturated rings. The Balaban J connectivity index is 1.77. The van der Waals surface area contributed by atoms with Crippen molar-refractivity contribution in [3.05, 3.63) is 29.6 Å². The molecule has 0 unspecified atom stereocenters. The highest BCUT2D eigenvalue weighted by molar-refractivity contribution is 5.80. The van der Waals surface area contributed by atoms with Crippen LogP contribution in [-0.4, -0.2) is 74.7 Å². The molecule has 1 aliphatic rings. The molecule has 0 saturated carbocycles. The SMILES string of the molecule is CN=C(NCCNC(C)(C)C)N1CCN(Cc2ccc(OC)c(F)c2)CC1. The zero-order valence-corrected chi connectivity index (χ0v) is 17.3. The molecule has 6 nitrogen and oxygen atoms in total. The second kappa shape index (κ2) is 9.90. The van der Waals surface area contributed by atoms with Crippen LogP contribution in [0, 0.1) is 5.82 Å². The molecule has 0 radical (unpaired) electrons. The number of ether oxygens (including phenoxy) is 1. The summed E-state index contributed by atoms with van der Waals surface area (Å²) in [5, 5.41) is 6.90. The van der Waals surface area contributed by atoms with Crippen molar-refractivity contribution in [3.63, 3.8) is 0 Å². The summed E-state index contributed by atoms with van der Waals surface area (Å²) < 4.78 is 18.8. The topological polar surface area (TPSA) is 52.1 Å². The Morgan fingerprint density at radius 1 is 1.19 bits per heavy atom. The van der Waals surface area contributed by atoms with Crippen LogP contribution in [-0.2, 0) is 6.54 Å². The summed E-state index contributed by atoms with van der Waals surface area (Å²) in [7, 11) is 3.31. The van der Waals surface area contributed by atoms with Crippen LogP contribution < -0.4 is 15.4 Å². The zero-order chi connectivity index (χ0) is 19.9. The number of piperazine rings is 1. The van der Waals surface area contributed by atoms with Gasteiger partial charge in [0.2, 0.25) is 0 Å². The average molecular weight is 380 g/mol. The maximum Gasteiger partial charge on any atom is 0.193 e. The number of hydrogen-bond donors (Lipinski definition) is 2. The normalized spacial score (nSPS) is 16.5. The lowest BCUT2D eigenvalue weighted by Gasteiger charge is -2.36. The molecular weight excluding hydrogens is 345 g/mol. The minimum Gasteiger partial charge on any atom is -0.494 e. The van der Waals surface area contributed by atoms with Crippen LogP contribution in [0.15, 0.2) is 23.2 Å². The fraction of sp³-hybridized carbons (Fsp3) is 0.650. The van der Waals surface area contributed by atoms with Gasteiger partial charge < -0.3 is 20.3 Å². The smallest absolute Gasteiger partial charge is 0.193 e. The summed E-state index contributed by atoms with van der Waals surface area (Å²) in [6, 6.07) is 5.18. The van der Waals surface area contributed by atoms with E-state index in [9.17, 15) is 4.39 Å². The molecule has 152 valence electrons. The van der Waals surface area contributed by atoms with E-state index in [2.05, 4.69) is 46.2 Å². The first-order valence-electron chi connectivity index (χ1n) is 9.58. The maximum absolute atomic E-state index is 13.9. The summed E-state index contributed by atoms with van der Waals surface area (Å²) in [5.41, 5.74) is 1.09. The summed E-state index contributed by atoms with van der Waals surface area (Å²) >= 11 is 0. The summed E-state index contributed by atoms with van der Waals surface area (Å²) in [6.45, 7) is 12.6. The van der Waals surface area contributed by atoms with Crippen molar-refractivity contribution in [2.45, 2.75) is 32.9 Å². The summed E-state index contributed by atoms with van der Waals surface area (Å²) in [6.07, 6.45) is 0. The predicted molar refractivity (Wildman–Crippen MR) is 109 cm³/mol. The van der Waals surface area contributed by atoms with E-state index in [0.29, 0.717) is 5.75 Å². The van der Waals surface area contributed by atoms with E-state index in [1.807, 2.05) is 13.1 Å². The van der Waals surface area contributed by atoms with E-state index in [1.165, 1.54) is 7.11 Å². The molecule has 2 N–H and O–H groups in total. The van der Waals surface area contributed by atoms with Crippen LogP contribution in [0.25, 0.3) is 0 Å². The van der Waals surface area contributed by atoms with Gasteiger partial charge in [0.1, 0.15) is 0 Å². The zero-order valence-electron chi connectivity index (χ0n) is 17.3. The molecule has 0 amide bonds. The molecule has 1 saturated heterocycles. The molecule has 0 aliphatic carbocycles. The quantitative estimate of drug-likeness (QED) is 0.449. The molecule has 0 aromatic heterocycles. The molecule has 7 heteroatoms. The first-order chi connectivity index (χ1) is 12.8. The van der Waals surface area contributed by atoms with Gasteiger partial charge in [0.05, 0.1) is 7.11 Å². The Kier molecular flexibility index (Phi) is 7.86. The number of nitrogens with one attached hydrogen (secondary N) is 2. The van der Waals surface area contributed by atoms with Gasteiger partial charge in [-0.3, -0.25) is 9.89 Å². The van der Waals surface area contributed by atoms with Gasteiger partial charge in [-0.2, -0.15) is 0 Å². The highest BCUT2D eigenvalue weighted by Gasteiger charge is 2.20. The van der Waals surface area contributed by atoms with E-state index >= 15 is 0 Å². The number of rotatable bonds is 6. The second-order valence-corrected chi connectivity index (χ2v) is 7.88. The van der Waals surface area contributed by atoms with Gasteiger partial charge in [0.25, 0.3) is 0 Å². The monoisotopic (exact) mass is 379 g/mol. The Hall–Kier alpha value is -1.86. The van der Waals surface area contributed by atoms with Gasteiger partial charge >= 0.3 is 0 Å². The Labute approximate surface area is 162 Å². The summed E-state index contributed by atoms with van der Waals surface area (Å²) in [5.74, 6) is 0.933. The standard InChI is InChI=1S/C20H34FN5O/c1-20(2,3)24-9-8-23-19(22-4)26-12-10-25(11-13-26)15-16-6-7-18(27-5)17(21)14-16/h6-7,14,24H,8-13,15H2,1-5H3,(H,22,23). The minimum atomic E-state index is -0.304. The third kappa shape index (κ3) is 6.99. The predicted octanol–water partition coefficient (Wildman–Crippen LogP) is 1.92.